The number of likely N-dealkylation sites (tertiary alicyclic amines) is 1. The summed E-state index contributed by atoms with van der Waals surface area (Å²) >= 11 is 1.60. The summed E-state index contributed by atoms with van der Waals surface area (Å²) < 4.78 is 5.30. The second kappa shape index (κ2) is 9.81. The first-order valence-corrected chi connectivity index (χ1v) is 12.1. The maximum absolute atomic E-state index is 13.4. The number of benzene rings is 1. The Balaban J connectivity index is 1.59. The van der Waals surface area contributed by atoms with Crippen molar-refractivity contribution in [2.45, 2.75) is 64.3 Å². The Morgan fingerprint density at radius 1 is 1.23 bits per heavy atom. The highest BCUT2D eigenvalue weighted by atomic mass is 32.1. The Morgan fingerprint density at radius 2 is 2.00 bits per heavy atom. The van der Waals surface area contributed by atoms with Crippen LogP contribution in [0.25, 0.3) is 0 Å². The van der Waals surface area contributed by atoms with E-state index in [0.717, 1.165) is 42.7 Å². The predicted molar refractivity (Wildman–Crippen MR) is 122 cm³/mol. The fourth-order valence-corrected chi connectivity index (χ4v) is 5.69. The number of unbranched alkanes of at least 4 members (excludes halogenated alkanes) is 1. The minimum Gasteiger partial charge on any atom is -0.497 e. The van der Waals surface area contributed by atoms with E-state index < -0.39 is 0 Å². The largest absolute Gasteiger partial charge is 0.497 e. The number of anilines is 1. The quantitative estimate of drug-likeness (QED) is 0.673. The molecule has 1 N–H and O–H groups in total. The van der Waals surface area contributed by atoms with Crippen molar-refractivity contribution in [2.75, 3.05) is 19.0 Å². The highest BCUT2D eigenvalue weighted by Crippen LogP contribution is 2.39. The summed E-state index contributed by atoms with van der Waals surface area (Å²) in [5.74, 6) is 0.549. The van der Waals surface area contributed by atoms with Crippen molar-refractivity contribution >= 4 is 28.3 Å². The maximum Gasteiger partial charge on any atom is 0.231 e. The van der Waals surface area contributed by atoms with Gasteiger partial charge in [0.25, 0.3) is 0 Å². The number of fused-ring (bicyclic) bond motifs is 1. The number of hydrogen-bond acceptors (Lipinski definition) is 5. The minimum atomic E-state index is -0.302. The number of amides is 2. The standard InChI is InChI=1S/C24H31N3O3S/c1-3-4-15-27-21(28)14-13-18(22(27)16-9-11-17(30-2)12-10-16)23(29)26-24-25-19-7-5-6-8-20(19)31-24/h9-12,18,22H,3-8,13-15H2,1-2H3,(H,25,26,29)/t18-,22+/m0/s1. The molecule has 6 nitrogen and oxygen atoms in total. The van der Waals surface area contributed by atoms with Gasteiger partial charge in [0.05, 0.1) is 24.8 Å². The number of aryl methyl sites for hydroxylation is 2. The Morgan fingerprint density at radius 3 is 2.71 bits per heavy atom. The Kier molecular flexibility index (Phi) is 6.90. The number of ether oxygens (including phenoxy) is 1. The van der Waals surface area contributed by atoms with Gasteiger partial charge in [0, 0.05) is 17.8 Å². The molecule has 2 aromatic rings. The molecule has 1 fully saturated rings. The molecular formula is C24H31N3O3S. The summed E-state index contributed by atoms with van der Waals surface area (Å²) in [6, 6.07) is 7.48. The number of piperidine rings is 1. The van der Waals surface area contributed by atoms with Crippen LogP contribution in [-0.4, -0.2) is 35.4 Å². The predicted octanol–water partition coefficient (Wildman–Crippen LogP) is 4.75. The van der Waals surface area contributed by atoms with Gasteiger partial charge in [-0.15, -0.1) is 11.3 Å². The van der Waals surface area contributed by atoms with E-state index in [0.29, 0.717) is 24.5 Å². The summed E-state index contributed by atoms with van der Waals surface area (Å²) in [5.41, 5.74) is 2.12. The first-order chi connectivity index (χ1) is 15.1. The molecule has 2 atom stereocenters. The van der Waals surface area contributed by atoms with E-state index in [9.17, 15) is 9.59 Å². The van der Waals surface area contributed by atoms with E-state index in [4.69, 9.17) is 4.74 Å². The van der Waals surface area contributed by atoms with E-state index in [1.165, 1.54) is 17.7 Å². The number of carbonyl (C=O) groups excluding carboxylic acids is 2. The minimum absolute atomic E-state index is 0.0408. The summed E-state index contributed by atoms with van der Waals surface area (Å²) in [4.78, 5) is 34.1. The van der Waals surface area contributed by atoms with Gasteiger partial charge in [-0.3, -0.25) is 9.59 Å². The first kappa shape index (κ1) is 21.8. The number of hydrogen-bond donors (Lipinski definition) is 1. The Bertz CT molecular complexity index is 901. The van der Waals surface area contributed by atoms with Crippen molar-refractivity contribution in [1.82, 2.24) is 9.88 Å². The Labute approximate surface area is 188 Å². The number of aromatic nitrogens is 1. The van der Waals surface area contributed by atoms with Crippen molar-refractivity contribution in [3.63, 3.8) is 0 Å². The van der Waals surface area contributed by atoms with Crippen molar-refractivity contribution < 1.29 is 14.3 Å². The van der Waals surface area contributed by atoms with Crippen LogP contribution >= 0.6 is 11.3 Å². The van der Waals surface area contributed by atoms with Crippen LogP contribution in [0.1, 0.15) is 67.6 Å². The zero-order valence-corrected chi connectivity index (χ0v) is 19.2. The molecule has 4 rings (SSSR count). The zero-order chi connectivity index (χ0) is 21.8. The van der Waals surface area contributed by atoms with Gasteiger partial charge in [-0.1, -0.05) is 25.5 Å². The van der Waals surface area contributed by atoms with Crippen molar-refractivity contribution in [2.24, 2.45) is 5.92 Å². The van der Waals surface area contributed by atoms with Crippen molar-refractivity contribution in [3.8, 4) is 5.75 Å². The monoisotopic (exact) mass is 441 g/mol. The molecule has 1 aliphatic carbocycles. The van der Waals surface area contributed by atoms with Gasteiger partial charge >= 0.3 is 0 Å². The molecule has 1 aliphatic heterocycles. The molecule has 166 valence electrons. The summed E-state index contributed by atoms with van der Waals surface area (Å²) in [6.07, 6.45) is 7.30. The van der Waals surface area contributed by atoms with Crippen LogP contribution in [0.2, 0.25) is 0 Å². The molecule has 2 aliphatic rings. The van der Waals surface area contributed by atoms with Gasteiger partial charge in [0.2, 0.25) is 11.8 Å². The first-order valence-electron chi connectivity index (χ1n) is 11.3. The molecule has 2 heterocycles. The molecule has 31 heavy (non-hydrogen) atoms. The van der Waals surface area contributed by atoms with Crippen LogP contribution in [0.3, 0.4) is 0 Å². The normalized spacial score (nSPS) is 21.0. The fourth-order valence-electron chi connectivity index (χ4n) is 4.64. The number of rotatable bonds is 7. The molecule has 2 amide bonds. The number of nitrogens with zero attached hydrogens (tertiary/aromatic N) is 2. The summed E-state index contributed by atoms with van der Waals surface area (Å²) in [7, 11) is 1.64. The highest BCUT2D eigenvalue weighted by molar-refractivity contribution is 7.15. The summed E-state index contributed by atoms with van der Waals surface area (Å²) in [6.45, 7) is 2.78. The van der Waals surface area contributed by atoms with Crippen LogP contribution in [0.5, 0.6) is 5.75 Å². The molecule has 1 aromatic carbocycles. The fraction of sp³-hybridized carbons (Fsp3) is 0.542. The SMILES string of the molecule is CCCCN1C(=O)CC[C@H](C(=O)Nc2nc3c(s2)CCCC3)[C@H]1c1ccc(OC)cc1. The highest BCUT2D eigenvalue weighted by Gasteiger charge is 2.40. The average molecular weight is 442 g/mol. The van der Waals surface area contributed by atoms with E-state index in [-0.39, 0.29) is 23.8 Å². The molecule has 1 aromatic heterocycles. The lowest BCUT2D eigenvalue weighted by Crippen LogP contribution is -2.47. The van der Waals surface area contributed by atoms with Gasteiger partial charge in [0.1, 0.15) is 5.75 Å². The lowest BCUT2D eigenvalue weighted by atomic mass is 9.83. The summed E-state index contributed by atoms with van der Waals surface area (Å²) in [5, 5.41) is 3.79. The van der Waals surface area contributed by atoms with Gasteiger partial charge in [-0.2, -0.15) is 0 Å². The number of nitrogens with one attached hydrogen (secondary N) is 1. The van der Waals surface area contributed by atoms with Crippen molar-refractivity contribution in [1.29, 1.82) is 0 Å². The third-order valence-corrected chi connectivity index (χ3v) is 7.40. The molecule has 7 heteroatoms. The molecule has 0 unspecified atom stereocenters. The molecule has 0 spiro atoms. The van der Waals surface area contributed by atoms with Gasteiger partial charge in [-0.05, 0) is 56.2 Å². The molecule has 1 saturated heterocycles. The van der Waals surface area contributed by atoms with E-state index in [1.54, 1.807) is 18.4 Å². The third kappa shape index (κ3) is 4.76. The second-order valence-electron chi connectivity index (χ2n) is 8.39. The van der Waals surface area contributed by atoms with Gasteiger partial charge < -0.3 is 15.0 Å². The second-order valence-corrected chi connectivity index (χ2v) is 9.47. The third-order valence-electron chi connectivity index (χ3n) is 6.33. The maximum atomic E-state index is 13.4. The lowest BCUT2D eigenvalue weighted by Gasteiger charge is -2.41. The average Bonchev–Trinajstić information content (AvgIpc) is 3.20. The smallest absolute Gasteiger partial charge is 0.231 e. The van der Waals surface area contributed by atoms with Gasteiger partial charge in [-0.25, -0.2) is 4.98 Å². The molecule has 0 saturated carbocycles. The number of methoxy groups -OCH3 is 1. The van der Waals surface area contributed by atoms with Crippen LogP contribution in [0, 0.1) is 5.92 Å². The van der Waals surface area contributed by atoms with E-state index in [1.807, 2.05) is 29.2 Å². The van der Waals surface area contributed by atoms with Crippen LogP contribution in [0.4, 0.5) is 5.13 Å². The van der Waals surface area contributed by atoms with Crippen LogP contribution < -0.4 is 10.1 Å². The van der Waals surface area contributed by atoms with E-state index >= 15 is 0 Å². The topological polar surface area (TPSA) is 71.5 Å². The van der Waals surface area contributed by atoms with Gasteiger partial charge in [0.15, 0.2) is 5.13 Å². The van der Waals surface area contributed by atoms with E-state index in [2.05, 4.69) is 17.2 Å². The van der Waals surface area contributed by atoms with Crippen molar-refractivity contribution in [3.05, 3.63) is 40.4 Å². The molecule has 0 radical (unpaired) electrons. The zero-order valence-electron chi connectivity index (χ0n) is 18.4. The number of thiazole rings is 1. The van der Waals surface area contributed by atoms with Crippen LogP contribution in [-0.2, 0) is 22.4 Å². The molecular weight excluding hydrogens is 410 g/mol. The lowest BCUT2D eigenvalue weighted by molar-refractivity contribution is -0.142. The Hall–Kier alpha value is -2.41. The molecule has 0 bridgehead atoms. The van der Waals surface area contributed by atoms with Crippen LogP contribution in [0.15, 0.2) is 24.3 Å². The number of carbonyl (C=O) groups is 2.